The molecule has 2 heterocycles. The Hall–Kier alpha value is -3.55. The number of carbonyl (C=O) groups excluding carboxylic acids is 1. The molecule has 0 unspecified atom stereocenters. The molecule has 0 bridgehead atoms. The summed E-state index contributed by atoms with van der Waals surface area (Å²) < 4.78 is 21.4. The van der Waals surface area contributed by atoms with E-state index in [4.69, 9.17) is 18.7 Å². The van der Waals surface area contributed by atoms with Crippen LogP contribution >= 0.6 is 0 Å². The number of hydrogen-bond donors (Lipinski definition) is 0. The van der Waals surface area contributed by atoms with Crippen LogP contribution in [0.1, 0.15) is 35.1 Å². The van der Waals surface area contributed by atoms with E-state index in [-0.39, 0.29) is 11.9 Å². The minimum atomic E-state index is -0.281. The molecule has 1 atom stereocenters. The van der Waals surface area contributed by atoms with Gasteiger partial charge in [0.25, 0.3) is 5.91 Å². The van der Waals surface area contributed by atoms with E-state index in [9.17, 15) is 4.79 Å². The summed E-state index contributed by atoms with van der Waals surface area (Å²) in [6.45, 7) is 0.607. The van der Waals surface area contributed by atoms with Crippen molar-refractivity contribution in [2.75, 3.05) is 27.9 Å². The van der Waals surface area contributed by atoms with Crippen molar-refractivity contribution >= 4 is 5.91 Å². The zero-order valence-electron chi connectivity index (χ0n) is 17.1. The minimum absolute atomic E-state index is 0.141. The molecule has 1 fully saturated rings. The smallest absolute Gasteiger partial charge is 0.258 e. The van der Waals surface area contributed by atoms with Crippen LogP contribution in [0.3, 0.4) is 0 Å². The van der Waals surface area contributed by atoms with E-state index in [2.05, 4.69) is 10.1 Å². The van der Waals surface area contributed by atoms with Crippen molar-refractivity contribution in [1.29, 1.82) is 0 Å². The molecule has 3 aromatic rings. The molecule has 1 amide bonds. The topological polar surface area (TPSA) is 86.9 Å². The monoisotopic (exact) mass is 409 g/mol. The Morgan fingerprint density at radius 3 is 2.63 bits per heavy atom. The van der Waals surface area contributed by atoms with E-state index in [1.807, 2.05) is 24.3 Å². The number of amides is 1. The number of hydrogen-bond acceptors (Lipinski definition) is 7. The number of aromatic nitrogens is 2. The van der Waals surface area contributed by atoms with Crippen LogP contribution in [0.15, 0.2) is 47.0 Å². The fourth-order valence-electron chi connectivity index (χ4n) is 3.65. The molecule has 0 aliphatic carbocycles. The Morgan fingerprint density at radius 2 is 1.87 bits per heavy atom. The predicted octanol–water partition coefficient (Wildman–Crippen LogP) is 3.74. The summed E-state index contributed by atoms with van der Waals surface area (Å²) in [4.78, 5) is 19.6. The summed E-state index contributed by atoms with van der Waals surface area (Å²) >= 11 is 0. The van der Waals surface area contributed by atoms with Crippen LogP contribution in [-0.4, -0.2) is 48.8 Å². The van der Waals surface area contributed by atoms with Crippen LogP contribution in [0.25, 0.3) is 11.4 Å². The lowest BCUT2D eigenvalue weighted by Gasteiger charge is -2.23. The number of ether oxygens (including phenoxy) is 3. The van der Waals surface area contributed by atoms with Crippen molar-refractivity contribution < 1.29 is 23.5 Å². The van der Waals surface area contributed by atoms with Gasteiger partial charge in [-0.1, -0.05) is 17.3 Å². The van der Waals surface area contributed by atoms with Gasteiger partial charge in [-0.3, -0.25) is 4.79 Å². The van der Waals surface area contributed by atoms with Gasteiger partial charge in [-0.2, -0.15) is 4.98 Å². The van der Waals surface area contributed by atoms with Crippen LogP contribution in [0, 0.1) is 0 Å². The number of benzene rings is 2. The molecule has 0 radical (unpaired) electrons. The Kier molecular flexibility index (Phi) is 5.56. The standard InChI is InChI=1S/C22H23N3O5/c1-27-15-7-4-6-14(12-15)20-23-21(30-24-20)18-8-5-11-25(18)22(26)17-10-9-16(28-2)13-19(17)29-3/h4,6-7,9-10,12-13,18H,5,8,11H2,1-3H3/t18-/m0/s1. The highest BCUT2D eigenvalue weighted by atomic mass is 16.5. The average Bonchev–Trinajstić information content (AvgIpc) is 3.47. The van der Waals surface area contributed by atoms with E-state index in [1.54, 1.807) is 37.3 Å². The highest BCUT2D eigenvalue weighted by molar-refractivity contribution is 5.97. The highest BCUT2D eigenvalue weighted by Gasteiger charge is 2.35. The Morgan fingerprint density at radius 1 is 1.07 bits per heavy atom. The van der Waals surface area contributed by atoms with Crippen LogP contribution in [0.2, 0.25) is 0 Å². The average molecular weight is 409 g/mol. The second kappa shape index (κ2) is 8.44. The molecule has 2 aromatic carbocycles. The first kappa shape index (κ1) is 19.8. The molecular formula is C22H23N3O5. The third-order valence-electron chi connectivity index (χ3n) is 5.21. The van der Waals surface area contributed by atoms with E-state index in [0.717, 1.165) is 18.4 Å². The molecule has 0 N–H and O–H groups in total. The first-order chi connectivity index (χ1) is 14.6. The second-order valence-electron chi connectivity index (χ2n) is 6.91. The van der Waals surface area contributed by atoms with Gasteiger partial charge in [0, 0.05) is 18.2 Å². The van der Waals surface area contributed by atoms with Crippen molar-refractivity contribution in [2.24, 2.45) is 0 Å². The third-order valence-corrected chi connectivity index (χ3v) is 5.21. The van der Waals surface area contributed by atoms with Gasteiger partial charge in [0.05, 0.1) is 26.9 Å². The number of nitrogens with zero attached hydrogens (tertiary/aromatic N) is 3. The SMILES string of the molecule is COc1cccc(-c2noc([C@@H]3CCCN3C(=O)c3ccc(OC)cc3OC)n2)c1. The molecule has 1 aliphatic heterocycles. The molecule has 8 heteroatoms. The normalized spacial score (nSPS) is 15.8. The number of rotatable bonds is 6. The van der Waals surface area contributed by atoms with Crippen LogP contribution in [0.4, 0.5) is 0 Å². The Balaban J connectivity index is 1.60. The van der Waals surface area contributed by atoms with E-state index < -0.39 is 0 Å². The van der Waals surface area contributed by atoms with Gasteiger partial charge in [0.1, 0.15) is 23.3 Å². The lowest BCUT2D eigenvalue weighted by atomic mass is 10.1. The van der Waals surface area contributed by atoms with E-state index >= 15 is 0 Å². The molecule has 30 heavy (non-hydrogen) atoms. The highest BCUT2D eigenvalue weighted by Crippen LogP contribution is 2.35. The Bertz CT molecular complexity index is 1050. The van der Waals surface area contributed by atoms with Gasteiger partial charge in [-0.05, 0) is 37.1 Å². The maximum Gasteiger partial charge on any atom is 0.258 e. The zero-order valence-corrected chi connectivity index (χ0v) is 17.1. The quantitative estimate of drug-likeness (QED) is 0.613. The Labute approximate surface area is 174 Å². The van der Waals surface area contributed by atoms with Gasteiger partial charge >= 0.3 is 0 Å². The predicted molar refractivity (Wildman–Crippen MR) is 109 cm³/mol. The van der Waals surface area contributed by atoms with Crippen molar-refractivity contribution in [1.82, 2.24) is 15.0 Å². The van der Waals surface area contributed by atoms with Gasteiger partial charge in [0.15, 0.2) is 0 Å². The van der Waals surface area contributed by atoms with E-state index in [0.29, 0.717) is 41.1 Å². The van der Waals surface area contributed by atoms with Gasteiger partial charge in [0.2, 0.25) is 11.7 Å². The lowest BCUT2D eigenvalue weighted by Crippen LogP contribution is -2.31. The van der Waals surface area contributed by atoms with Crippen LogP contribution < -0.4 is 14.2 Å². The maximum absolute atomic E-state index is 13.3. The largest absolute Gasteiger partial charge is 0.497 e. The first-order valence-corrected chi connectivity index (χ1v) is 9.65. The summed E-state index contributed by atoms with van der Waals surface area (Å²) in [5.74, 6) is 2.55. The van der Waals surface area contributed by atoms with Crippen molar-refractivity contribution in [3.05, 3.63) is 53.9 Å². The van der Waals surface area contributed by atoms with E-state index in [1.165, 1.54) is 7.11 Å². The van der Waals surface area contributed by atoms with Crippen molar-refractivity contribution in [3.63, 3.8) is 0 Å². The van der Waals surface area contributed by atoms with Crippen molar-refractivity contribution in [2.45, 2.75) is 18.9 Å². The molecule has 0 saturated carbocycles. The molecule has 156 valence electrons. The molecule has 0 spiro atoms. The van der Waals surface area contributed by atoms with Gasteiger partial charge in [-0.25, -0.2) is 0 Å². The third kappa shape index (κ3) is 3.68. The van der Waals surface area contributed by atoms with Gasteiger partial charge in [-0.15, -0.1) is 0 Å². The summed E-state index contributed by atoms with van der Waals surface area (Å²) in [6.07, 6.45) is 1.61. The summed E-state index contributed by atoms with van der Waals surface area (Å²) in [7, 11) is 4.71. The molecule has 1 saturated heterocycles. The van der Waals surface area contributed by atoms with Crippen molar-refractivity contribution in [3.8, 4) is 28.6 Å². The zero-order chi connectivity index (χ0) is 21.1. The van der Waals surface area contributed by atoms with Crippen LogP contribution in [-0.2, 0) is 0 Å². The summed E-state index contributed by atoms with van der Waals surface area (Å²) in [6, 6.07) is 12.3. The number of carbonyl (C=O) groups is 1. The molecule has 1 aromatic heterocycles. The fraction of sp³-hybridized carbons (Fsp3) is 0.318. The number of methoxy groups -OCH3 is 3. The van der Waals surface area contributed by atoms with Gasteiger partial charge < -0.3 is 23.6 Å². The molecule has 8 nitrogen and oxygen atoms in total. The lowest BCUT2D eigenvalue weighted by molar-refractivity contribution is 0.0706. The number of likely N-dealkylation sites (tertiary alicyclic amines) is 1. The molecule has 4 rings (SSSR count). The summed E-state index contributed by atoms with van der Waals surface area (Å²) in [5, 5.41) is 4.11. The minimum Gasteiger partial charge on any atom is -0.497 e. The molecular weight excluding hydrogens is 386 g/mol. The maximum atomic E-state index is 13.3. The second-order valence-corrected chi connectivity index (χ2v) is 6.91. The molecule has 1 aliphatic rings. The first-order valence-electron chi connectivity index (χ1n) is 9.65. The summed E-state index contributed by atoms with van der Waals surface area (Å²) in [5.41, 5.74) is 1.26. The van der Waals surface area contributed by atoms with Crippen LogP contribution in [0.5, 0.6) is 17.2 Å². The fourth-order valence-corrected chi connectivity index (χ4v) is 3.65.